The summed E-state index contributed by atoms with van der Waals surface area (Å²) in [6.07, 6.45) is 0.787. The number of rotatable bonds is 4. The van der Waals surface area contributed by atoms with Crippen molar-refractivity contribution in [2.45, 2.75) is 25.7 Å². The van der Waals surface area contributed by atoms with Crippen molar-refractivity contribution < 1.29 is 0 Å². The van der Waals surface area contributed by atoms with Crippen LogP contribution in [-0.4, -0.2) is 0 Å². The molecule has 13 heavy (non-hydrogen) atoms. The quantitative estimate of drug-likeness (QED) is 0.643. The van der Waals surface area contributed by atoms with Gasteiger partial charge in [-0.05, 0) is 12.8 Å². The fourth-order valence-electron chi connectivity index (χ4n) is 0.912. The normalized spacial score (nSPS) is 8.92. The van der Waals surface area contributed by atoms with E-state index in [4.69, 9.17) is 21.0 Å². The van der Waals surface area contributed by atoms with Crippen molar-refractivity contribution in [1.82, 2.24) is 0 Å². The molecular weight excluding hydrogens is 164 g/mol. The maximum absolute atomic E-state index is 8.74. The zero-order valence-corrected chi connectivity index (χ0v) is 7.12. The molecular formula is C9H8N4. The van der Waals surface area contributed by atoms with Crippen LogP contribution in [0.5, 0.6) is 0 Å². The highest BCUT2D eigenvalue weighted by molar-refractivity contribution is 5.14. The maximum atomic E-state index is 8.74. The Hall–Kier alpha value is -2.04. The van der Waals surface area contributed by atoms with E-state index >= 15 is 0 Å². The second kappa shape index (κ2) is 5.59. The van der Waals surface area contributed by atoms with E-state index in [1.165, 1.54) is 0 Å². The summed E-state index contributed by atoms with van der Waals surface area (Å²) in [5.41, 5.74) is -1.15. The van der Waals surface area contributed by atoms with Crippen molar-refractivity contribution in [1.29, 1.82) is 21.0 Å². The summed E-state index contributed by atoms with van der Waals surface area (Å²) in [6.45, 7) is 0. The molecule has 0 aliphatic carbocycles. The second-order valence-corrected chi connectivity index (χ2v) is 2.62. The Morgan fingerprint density at radius 3 is 1.38 bits per heavy atom. The number of hydrogen-bond donors (Lipinski definition) is 0. The van der Waals surface area contributed by atoms with Crippen molar-refractivity contribution in [2.24, 2.45) is 5.41 Å². The SMILES string of the molecule is N#CCCC(C#N)(C#N)CCC#N. The van der Waals surface area contributed by atoms with Crippen molar-refractivity contribution in [2.75, 3.05) is 0 Å². The molecule has 0 rings (SSSR count). The number of nitrogens with zero attached hydrogens (tertiary/aromatic N) is 4. The average Bonchev–Trinajstić information content (AvgIpc) is 2.20. The van der Waals surface area contributed by atoms with Crippen LogP contribution < -0.4 is 0 Å². The molecule has 0 aliphatic rings. The zero-order chi connectivity index (χ0) is 10.2. The van der Waals surface area contributed by atoms with Gasteiger partial charge in [-0.25, -0.2) is 0 Å². The lowest BCUT2D eigenvalue weighted by Crippen LogP contribution is -2.15. The van der Waals surface area contributed by atoms with Gasteiger partial charge in [0.2, 0.25) is 0 Å². The van der Waals surface area contributed by atoms with Gasteiger partial charge in [-0.15, -0.1) is 0 Å². The summed E-state index contributed by atoms with van der Waals surface area (Å²) in [4.78, 5) is 0. The lowest BCUT2D eigenvalue weighted by atomic mass is 9.82. The molecule has 0 radical (unpaired) electrons. The smallest absolute Gasteiger partial charge is 0.145 e. The van der Waals surface area contributed by atoms with Gasteiger partial charge in [0.15, 0.2) is 0 Å². The van der Waals surface area contributed by atoms with Crippen LogP contribution in [-0.2, 0) is 0 Å². The van der Waals surface area contributed by atoms with E-state index < -0.39 is 5.41 Å². The first-order valence-corrected chi connectivity index (χ1v) is 3.81. The summed E-state index contributed by atoms with van der Waals surface area (Å²) < 4.78 is 0. The lowest BCUT2D eigenvalue weighted by molar-refractivity contribution is 0.451. The van der Waals surface area contributed by atoms with E-state index in [9.17, 15) is 0 Å². The molecule has 0 atom stereocenters. The fourth-order valence-corrected chi connectivity index (χ4v) is 0.912. The van der Waals surface area contributed by atoms with Crippen LogP contribution in [0.15, 0.2) is 0 Å². The lowest BCUT2D eigenvalue weighted by Gasteiger charge is -2.13. The standard InChI is InChI=1S/C9H8N4/c10-5-1-3-9(7-12,8-13)4-2-6-11/h1-4H2. The molecule has 4 heteroatoms. The second-order valence-electron chi connectivity index (χ2n) is 2.62. The minimum atomic E-state index is -1.15. The largest absolute Gasteiger partial charge is 0.198 e. The first-order chi connectivity index (χ1) is 6.24. The van der Waals surface area contributed by atoms with E-state index in [0.717, 1.165) is 0 Å². The Kier molecular flexibility index (Phi) is 4.71. The van der Waals surface area contributed by atoms with Crippen LogP contribution in [0.25, 0.3) is 0 Å². The average molecular weight is 172 g/mol. The van der Waals surface area contributed by atoms with E-state index in [-0.39, 0.29) is 25.7 Å². The third-order valence-corrected chi connectivity index (χ3v) is 1.76. The zero-order valence-electron chi connectivity index (χ0n) is 7.12. The van der Waals surface area contributed by atoms with Gasteiger partial charge in [0.1, 0.15) is 5.41 Å². The van der Waals surface area contributed by atoms with Gasteiger partial charge in [0.25, 0.3) is 0 Å². The molecule has 0 fully saturated rings. The Morgan fingerprint density at radius 2 is 1.15 bits per heavy atom. The summed E-state index contributed by atoms with van der Waals surface area (Å²) in [5.74, 6) is 0. The molecule has 0 unspecified atom stereocenters. The minimum absolute atomic E-state index is 0.173. The van der Waals surface area contributed by atoms with Crippen LogP contribution >= 0.6 is 0 Å². The van der Waals surface area contributed by atoms with Gasteiger partial charge >= 0.3 is 0 Å². The fraction of sp³-hybridized carbons (Fsp3) is 0.556. The molecule has 64 valence electrons. The van der Waals surface area contributed by atoms with Gasteiger partial charge in [-0.3, -0.25) is 0 Å². The molecule has 0 aromatic rings. The predicted molar refractivity (Wildman–Crippen MR) is 43.4 cm³/mol. The molecule has 0 heterocycles. The van der Waals surface area contributed by atoms with Gasteiger partial charge in [-0.1, -0.05) is 0 Å². The minimum Gasteiger partial charge on any atom is -0.198 e. The van der Waals surface area contributed by atoms with E-state index in [2.05, 4.69) is 0 Å². The Labute approximate surface area is 77.2 Å². The maximum Gasteiger partial charge on any atom is 0.145 e. The van der Waals surface area contributed by atoms with Crippen LogP contribution in [0.3, 0.4) is 0 Å². The predicted octanol–water partition coefficient (Wildman–Crippen LogP) is 1.63. The first kappa shape index (κ1) is 11.0. The highest BCUT2D eigenvalue weighted by atomic mass is 14.4. The molecule has 0 spiro atoms. The Bertz CT molecular complexity index is 283. The monoisotopic (exact) mass is 172 g/mol. The van der Waals surface area contributed by atoms with Crippen molar-refractivity contribution in [3.63, 3.8) is 0 Å². The molecule has 4 nitrogen and oxygen atoms in total. The highest BCUT2D eigenvalue weighted by Crippen LogP contribution is 2.27. The molecule has 0 aromatic carbocycles. The highest BCUT2D eigenvalue weighted by Gasteiger charge is 2.28. The van der Waals surface area contributed by atoms with Gasteiger partial charge in [0, 0.05) is 12.8 Å². The Morgan fingerprint density at radius 1 is 0.769 bits per heavy atom. The van der Waals surface area contributed by atoms with Crippen LogP contribution in [0.2, 0.25) is 0 Å². The number of nitriles is 4. The van der Waals surface area contributed by atoms with Crippen molar-refractivity contribution in [3.05, 3.63) is 0 Å². The molecule has 0 saturated heterocycles. The topological polar surface area (TPSA) is 95.2 Å². The number of hydrogen-bond acceptors (Lipinski definition) is 4. The van der Waals surface area contributed by atoms with E-state index in [1.807, 2.05) is 24.3 Å². The van der Waals surface area contributed by atoms with E-state index in [1.54, 1.807) is 0 Å². The summed E-state index contributed by atoms with van der Waals surface area (Å²) in [6, 6.07) is 7.51. The van der Waals surface area contributed by atoms with Crippen molar-refractivity contribution >= 4 is 0 Å². The molecule has 0 amide bonds. The summed E-state index contributed by atoms with van der Waals surface area (Å²) in [7, 11) is 0. The molecule has 0 aromatic heterocycles. The van der Waals surface area contributed by atoms with Crippen LogP contribution in [0.1, 0.15) is 25.7 Å². The third-order valence-electron chi connectivity index (χ3n) is 1.76. The van der Waals surface area contributed by atoms with Crippen LogP contribution in [0.4, 0.5) is 0 Å². The summed E-state index contributed by atoms with van der Waals surface area (Å²) >= 11 is 0. The molecule has 0 bridgehead atoms. The van der Waals surface area contributed by atoms with Gasteiger partial charge in [-0.2, -0.15) is 21.0 Å². The summed E-state index contributed by atoms with van der Waals surface area (Å²) in [5, 5.41) is 34.1. The first-order valence-electron chi connectivity index (χ1n) is 3.81. The van der Waals surface area contributed by atoms with E-state index in [0.29, 0.717) is 0 Å². The van der Waals surface area contributed by atoms with Crippen molar-refractivity contribution in [3.8, 4) is 24.3 Å². The molecule has 0 aliphatic heterocycles. The van der Waals surface area contributed by atoms with Gasteiger partial charge in [0.05, 0.1) is 24.3 Å². The molecule has 0 N–H and O–H groups in total. The van der Waals surface area contributed by atoms with Crippen LogP contribution in [0, 0.1) is 50.7 Å². The van der Waals surface area contributed by atoms with Gasteiger partial charge < -0.3 is 0 Å². The molecule has 0 saturated carbocycles. The Balaban J connectivity index is 4.40. The third kappa shape index (κ3) is 3.24.